The highest BCUT2D eigenvalue weighted by Gasteiger charge is 2.21. The summed E-state index contributed by atoms with van der Waals surface area (Å²) in [6, 6.07) is 7.79. The molecule has 0 aliphatic carbocycles. The molecular weight excluding hydrogens is 304 g/mol. The Bertz CT molecular complexity index is 576. The average molecular weight is 322 g/mol. The van der Waals surface area contributed by atoms with Gasteiger partial charge in [0.1, 0.15) is 6.04 Å². The van der Waals surface area contributed by atoms with Crippen LogP contribution in [0.25, 0.3) is 0 Å². The fraction of sp³-hybridized carbons (Fsp3) is 0.286. The number of hydrogen-bond donors (Lipinski definition) is 5. The Morgan fingerprint density at radius 2 is 1.70 bits per heavy atom. The monoisotopic (exact) mass is 322 g/mol. The number of carboxylic acid groups (broad SMARTS) is 1. The Kier molecular flexibility index (Phi) is 7.05. The lowest BCUT2D eigenvalue weighted by Gasteiger charge is -2.16. The Morgan fingerprint density at radius 3 is 2.26 bits per heavy atom. The van der Waals surface area contributed by atoms with Gasteiger partial charge in [0, 0.05) is 6.42 Å². The van der Waals surface area contributed by atoms with Crippen LogP contribution in [0.5, 0.6) is 0 Å². The van der Waals surface area contributed by atoms with Gasteiger partial charge in [-0.25, -0.2) is 4.79 Å². The van der Waals surface area contributed by atoms with Crippen LogP contribution in [0, 0.1) is 0 Å². The van der Waals surface area contributed by atoms with Crippen molar-refractivity contribution in [3.8, 4) is 0 Å². The van der Waals surface area contributed by atoms with Crippen LogP contribution in [-0.4, -0.2) is 48.1 Å². The lowest BCUT2D eigenvalue weighted by Crippen LogP contribution is -2.50. The zero-order chi connectivity index (χ0) is 17.2. The van der Waals surface area contributed by atoms with Crippen molar-refractivity contribution in [2.75, 3.05) is 13.1 Å². The van der Waals surface area contributed by atoms with E-state index in [1.165, 1.54) is 0 Å². The number of nitrogens with one attached hydrogen (secondary N) is 3. The first kappa shape index (κ1) is 18.0. The molecule has 0 bridgehead atoms. The summed E-state index contributed by atoms with van der Waals surface area (Å²) in [6.07, 6.45) is -1.21. The summed E-state index contributed by atoms with van der Waals surface area (Å²) in [5, 5.41) is 15.4. The van der Waals surface area contributed by atoms with Crippen LogP contribution < -0.4 is 21.7 Å². The first-order valence-electron chi connectivity index (χ1n) is 6.74. The normalized spacial score (nSPS) is 11.1. The minimum absolute atomic E-state index is 0.141. The summed E-state index contributed by atoms with van der Waals surface area (Å²) < 4.78 is 0. The van der Waals surface area contributed by atoms with Crippen molar-refractivity contribution in [3.05, 3.63) is 35.9 Å². The van der Waals surface area contributed by atoms with Gasteiger partial charge in [-0.3, -0.25) is 14.4 Å². The third kappa shape index (κ3) is 7.46. The Hall–Kier alpha value is -3.10. The predicted molar refractivity (Wildman–Crippen MR) is 80.3 cm³/mol. The quantitative estimate of drug-likeness (QED) is 0.398. The highest BCUT2D eigenvalue weighted by Crippen LogP contribution is 2.03. The average Bonchev–Trinajstić information content (AvgIpc) is 2.50. The zero-order valence-electron chi connectivity index (χ0n) is 12.2. The second kappa shape index (κ2) is 9.03. The molecule has 0 radical (unpaired) electrons. The summed E-state index contributed by atoms with van der Waals surface area (Å²) in [5.41, 5.74) is 5.63. The Labute approximate surface area is 132 Å². The molecule has 0 aromatic heterocycles. The molecule has 0 fully saturated rings. The summed E-state index contributed by atoms with van der Waals surface area (Å²) in [6.45, 7) is -0.728. The maximum Gasteiger partial charge on any atom is 0.405 e. The molecule has 9 nitrogen and oxygen atoms in total. The van der Waals surface area contributed by atoms with E-state index in [9.17, 15) is 19.2 Å². The van der Waals surface area contributed by atoms with Gasteiger partial charge in [0.2, 0.25) is 17.7 Å². The van der Waals surface area contributed by atoms with Crippen molar-refractivity contribution in [2.45, 2.75) is 12.5 Å². The molecule has 0 heterocycles. The third-order valence-corrected chi connectivity index (χ3v) is 2.78. The van der Waals surface area contributed by atoms with Crippen molar-refractivity contribution < 1.29 is 24.3 Å². The number of hydrogen-bond acceptors (Lipinski definition) is 4. The Morgan fingerprint density at radius 1 is 1.04 bits per heavy atom. The number of primary amides is 1. The highest BCUT2D eigenvalue weighted by atomic mass is 16.4. The van der Waals surface area contributed by atoms with Crippen molar-refractivity contribution in [1.29, 1.82) is 0 Å². The van der Waals surface area contributed by atoms with Crippen molar-refractivity contribution in [1.82, 2.24) is 16.0 Å². The van der Waals surface area contributed by atoms with E-state index in [4.69, 9.17) is 10.8 Å². The van der Waals surface area contributed by atoms with Gasteiger partial charge in [0.15, 0.2) is 0 Å². The van der Waals surface area contributed by atoms with Crippen molar-refractivity contribution >= 4 is 23.8 Å². The molecule has 0 aliphatic rings. The molecule has 9 heteroatoms. The molecule has 1 rings (SSSR count). The van der Waals surface area contributed by atoms with Crippen molar-refractivity contribution in [3.63, 3.8) is 0 Å². The lowest BCUT2D eigenvalue weighted by molar-refractivity contribution is -0.128. The minimum Gasteiger partial charge on any atom is -0.465 e. The van der Waals surface area contributed by atoms with Crippen LogP contribution in [0.2, 0.25) is 0 Å². The smallest absolute Gasteiger partial charge is 0.405 e. The summed E-state index contributed by atoms with van der Waals surface area (Å²) in [7, 11) is 0. The second-order valence-electron chi connectivity index (χ2n) is 4.65. The molecule has 0 unspecified atom stereocenters. The molecule has 4 amide bonds. The number of rotatable bonds is 8. The van der Waals surface area contributed by atoms with Gasteiger partial charge in [-0.15, -0.1) is 0 Å². The molecule has 1 atom stereocenters. The maximum absolute atomic E-state index is 12.0. The number of nitrogens with two attached hydrogens (primary N) is 1. The standard InChI is InChI=1S/C14H18N4O5/c15-11(19)7-16-12(20)8-17-13(21)10(18-14(22)23)6-9-4-2-1-3-5-9/h1-5,10,18H,6-8H2,(H2,15,19)(H,16,20)(H,17,21)(H,22,23)/t10-/m0/s1. The molecule has 1 aromatic rings. The van der Waals surface area contributed by atoms with Gasteiger partial charge in [-0.05, 0) is 5.56 Å². The lowest BCUT2D eigenvalue weighted by atomic mass is 10.1. The van der Waals surface area contributed by atoms with Gasteiger partial charge in [0.05, 0.1) is 13.1 Å². The fourth-order valence-corrected chi connectivity index (χ4v) is 1.75. The van der Waals surface area contributed by atoms with Crippen LogP contribution in [0.1, 0.15) is 5.56 Å². The van der Waals surface area contributed by atoms with E-state index in [0.717, 1.165) is 5.56 Å². The van der Waals surface area contributed by atoms with E-state index in [0.29, 0.717) is 0 Å². The number of benzene rings is 1. The van der Waals surface area contributed by atoms with Crippen LogP contribution in [-0.2, 0) is 20.8 Å². The van der Waals surface area contributed by atoms with Crippen LogP contribution in [0.3, 0.4) is 0 Å². The topological polar surface area (TPSA) is 151 Å². The van der Waals surface area contributed by atoms with Gasteiger partial charge >= 0.3 is 6.09 Å². The van der Waals surface area contributed by atoms with Gasteiger partial charge in [-0.1, -0.05) is 30.3 Å². The van der Waals surface area contributed by atoms with Crippen LogP contribution in [0.15, 0.2) is 30.3 Å². The minimum atomic E-state index is -1.35. The molecular formula is C14H18N4O5. The Balaban J connectivity index is 2.56. The van der Waals surface area contributed by atoms with Crippen LogP contribution in [0.4, 0.5) is 4.79 Å². The first-order valence-corrected chi connectivity index (χ1v) is 6.74. The van der Waals surface area contributed by atoms with E-state index < -0.39 is 36.4 Å². The van der Waals surface area contributed by atoms with E-state index in [1.54, 1.807) is 30.3 Å². The summed E-state index contributed by atoms with van der Waals surface area (Å²) >= 11 is 0. The second-order valence-corrected chi connectivity index (χ2v) is 4.65. The molecule has 0 spiro atoms. The summed E-state index contributed by atoms with van der Waals surface area (Å²) in [4.78, 5) is 44.7. The molecule has 0 aliphatic heterocycles. The zero-order valence-corrected chi connectivity index (χ0v) is 12.2. The number of carbonyl (C=O) groups excluding carboxylic acids is 3. The molecule has 124 valence electrons. The predicted octanol–water partition coefficient (Wildman–Crippen LogP) is -1.42. The third-order valence-electron chi connectivity index (χ3n) is 2.78. The molecule has 0 saturated heterocycles. The molecule has 6 N–H and O–H groups in total. The van der Waals surface area contributed by atoms with Gasteiger partial charge in [0.25, 0.3) is 0 Å². The van der Waals surface area contributed by atoms with Gasteiger partial charge < -0.3 is 26.8 Å². The van der Waals surface area contributed by atoms with Crippen LogP contribution >= 0.6 is 0 Å². The van der Waals surface area contributed by atoms with E-state index in [1.807, 2.05) is 0 Å². The maximum atomic E-state index is 12.0. The van der Waals surface area contributed by atoms with Crippen molar-refractivity contribution in [2.24, 2.45) is 5.73 Å². The van der Waals surface area contributed by atoms with E-state index in [2.05, 4.69) is 16.0 Å². The number of amides is 4. The first-order chi connectivity index (χ1) is 10.9. The fourth-order valence-electron chi connectivity index (χ4n) is 1.75. The molecule has 0 saturated carbocycles. The molecule has 23 heavy (non-hydrogen) atoms. The highest BCUT2D eigenvalue weighted by molar-refractivity contribution is 5.90. The SMILES string of the molecule is NC(=O)CNC(=O)CNC(=O)[C@H](Cc1ccccc1)NC(=O)O. The largest absolute Gasteiger partial charge is 0.465 e. The van der Waals surface area contributed by atoms with E-state index in [-0.39, 0.29) is 13.0 Å². The summed E-state index contributed by atoms with van der Waals surface area (Å²) in [5.74, 6) is -1.96. The van der Waals surface area contributed by atoms with Gasteiger partial charge in [-0.2, -0.15) is 0 Å². The van der Waals surface area contributed by atoms with E-state index >= 15 is 0 Å². The number of carbonyl (C=O) groups is 4. The molecule has 1 aromatic carbocycles.